The molecule has 0 bridgehead atoms. The summed E-state index contributed by atoms with van der Waals surface area (Å²) < 4.78 is 26.6. The van der Waals surface area contributed by atoms with Crippen LogP contribution in [-0.4, -0.2) is 15.0 Å². The Balaban J connectivity index is 2.76. The summed E-state index contributed by atoms with van der Waals surface area (Å²) in [4.78, 5) is 1.19. The third-order valence-electron chi connectivity index (χ3n) is 2.84. The maximum absolute atomic E-state index is 12.0. The van der Waals surface area contributed by atoms with Crippen molar-refractivity contribution in [2.24, 2.45) is 11.1 Å². The molecule has 0 saturated carbocycles. The van der Waals surface area contributed by atoms with Gasteiger partial charge in [-0.05, 0) is 17.9 Å². The normalized spacial score (nSPS) is 12.9. The summed E-state index contributed by atoms with van der Waals surface area (Å²) in [6.45, 7) is 6.94. The fraction of sp³-hybridized carbons (Fsp3) is 0.636. The highest BCUT2D eigenvalue weighted by molar-refractivity contribution is 7.89. The Morgan fingerprint density at radius 1 is 1.47 bits per heavy atom. The first-order chi connectivity index (χ1) is 7.80. The Labute approximate surface area is 107 Å². The van der Waals surface area contributed by atoms with Crippen LogP contribution in [0.15, 0.2) is 16.3 Å². The van der Waals surface area contributed by atoms with Gasteiger partial charge in [-0.3, -0.25) is 0 Å². The molecule has 3 N–H and O–H groups in total. The van der Waals surface area contributed by atoms with Crippen molar-refractivity contribution in [1.82, 2.24) is 4.72 Å². The van der Waals surface area contributed by atoms with Gasteiger partial charge in [0.25, 0.3) is 0 Å². The second-order valence-electron chi connectivity index (χ2n) is 4.80. The fourth-order valence-electron chi connectivity index (χ4n) is 1.11. The van der Waals surface area contributed by atoms with E-state index in [-0.39, 0.29) is 5.41 Å². The highest BCUT2D eigenvalue weighted by Gasteiger charge is 2.21. The van der Waals surface area contributed by atoms with E-state index in [1.165, 1.54) is 11.3 Å². The van der Waals surface area contributed by atoms with Crippen molar-refractivity contribution in [3.8, 4) is 0 Å². The number of nitrogens with one attached hydrogen (secondary N) is 1. The molecule has 0 aliphatic carbocycles. The SMILES string of the molecule is CCC(C)(C)CNS(=O)(=O)c1csc(CN)c1. The van der Waals surface area contributed by atoms with Crippen LogP contribution >= 0.6 is 11.3 Å². The molecule has 4 nitrogen and oxygen atoms in total. The zero-order valence-electron chi connectivity index (χ0n) is 10.5. The lowest BCUT2D eigenvalue weighted by Gasteiger charge is -2.22. The Kier molecular flexibility index (Phi) is 4.71. The van der Waals surface area contributed by atoms with Gasteiger partial charge in [-0.25, -0.2) is 13.1 Å². The Hall–Kier alpha value is -0.430. The minimum Gasteiger partial charge on any atom is -0.326 e. The van der Waals surface area contributed by atoms with Crippen molar-refractivity contribution in [2.45, 2.75) is 38.6 Å². The van der Waals surface area contributed by atoms with Crippen LogP contribution in [0.25, 0.3) is 0 Å². The van der Waals surface area contributed by atoms with Gasteiger partial charge in [-0.1, -0.05) is 20.8 Å². The molecule has 0 aromatic carbocycles. The largest absolute Gasteiger partial charge is 0.326 e. The smallest absolute Gasteiger partial charge is 0.241 e. The van der Waals surface area contributed by atoms with Crippen molar-refractivity contribution < 1.29 is 8.42 Å². The van der Waals surface area contributed by atoms with Crippen molar-refractivity contribution in [3.63, 3.8) is 0 Å². The van der Waals surface area contributed by atoms with Crippen molar-refractivity contribution in [1.29, 1.82) is 0 Å². The van der Waals surface area contributed by atoms with Crippen LogP contribution in [0, 0.1) is 5.41 Å². The Bertz CT molecular complexity index is 464. The molecule has 0 fully saturated rings. The van der Waals surface area contributed by atoms with E-state index in [2.05, 4.69) is 4.72 Å². The molecule has 0 amide bonds. The molecular weight excluding hydrogens is 256 g/mol. The molecule has 1 aromatic rings. The lowest BCUT2D eigenvalue weighted by atomic mass is 9.91. The monoisotopic (exact) mass is 276 g/mol. The molecule has 0 radical (unpaired) electrons. The van der Waals surface area contributed by atoms with Crippen LogP contribution < -0.4 is 10.5 Å². The van der Waals surface area contributed by atoms with Gasteiger partial charge in [-0.15, -0.1) is 11.3 Å². The Morgan fingerprint density at radius 2 is 2.12 bits per heavy atom. The van der Waals surface area contributed by atoms with Gasteiger partial charge in [-0.2, -0.15) is 0 Å². The molecule has 0 atom stereocenters. The molecule has 0 unspecified atom stereocenters. The topological polar surface area (TPSA) is 72.2 Å². The van der Waals surface area contributed by atoms with Crippen molar-refractivity contribution in [3.05, 3.63) is 16.3 Å². The van der Waals surface area contributed by atoms with E-state index in [4.69, 9.17) is 5.73 Å². The third-order valence-corrected chi connectivity index (χ3v) is 5.33. The first-order valence-corrected chi connectivity index (χ1v) is 7.94. The first kappa shape index (κ1) is 14.6. The quantitative estimate of drug-likeness (QED) is 0.834. The fourth-order valence-corrected chi connectivity index (χ4v) is 3.50. The second-order valence-corrected chi connectivity index (χ2v) is 7.56. The molecule has 0 aliphatic rings. The summed E-state index contributed by atoms with van der Waals surface area (Å²) in [7, 11) is -3.39. The number of thiophene rings is 1. The van der Waals surface area contributed by atoms with E-state index in [1.54, 1.807) is 11.4 Å². The summed E-state index contributed by atoms with van der Waals surface area (Å²) in [6, 6.07) is 1.63. The first-order valence-electron chi connectivity index (χ1n) is 5.58. The molecule has 98 valence electrons. The standard InChI is InChI=1S/C11H20N2O2S2/c1-4-11(2,3)8-13-17(14,15)10-5-9(6-12)16-7-10/h5,7,13H,4,6,8,12H2,1-3H3. The highest BCUT2D eigenvalue weighted by atomic mass is 32.2. The van der Waals surface area contributed by atoms with Crippen molar-refractivity contribution >= 4 is 21.4 Å². The lowest BCUT2D eigenvalue weighted by Crippen LogP contribution is -2.33. The van der Waals surface area contributed by atoms with E-state index in [0.717, 1.165) is 11.3 Å². The van der Waals surface area contributed by atoms with Crippen LogP contribution in [0.1, 0.15) is 32.1 Å². The number of rotatable bonds is 6. The maximum Gasteiger partial charge on any atom is 0.241 e. The molecule has 0 spiro atoms. The highest BCUT2D eigenvalue weighted by Crippen LogP contribution is 2.21. The van der Waals surface area contributed by atoms with Crippen LogP contribution in [0.4, 0.5) is 0 Å². The van der Waals surface area contributed by atoms with Gasteiger partial charge in [0.1, 0.15) is 0 Å². The molecule has 1 heterocycles. The minimum atomic E-state index is -3.39. The predicted molar refractivity (Wildman–Crippen MR) is 71.5 cm³/mol. The van der Waals surface area contributed by atoms with Gasteiger partial charge in [0.05, 0.1) is 4.90 Å². The van der Waals surface area contributed by atoms with E-state index < -0.39 is 10.0 Å². The summed E-state index contributed by atoms with van der Waals surface area (Å²) in [6.07, 6.45) is 0.924. The van der Waals surface area contributed by atoms with Crippen LogP contribution in [0.3, 0.4) is 0 Å². The van der Waals surface area contributed by atoms with Crippen LogP contribution in [0.5, 0.6) is 0 Å². The third kappa shape index (κ3) is 4.06. The van der Waals surface area contributed by atoms with Gasteiger partial charge in [0.2, 0.25) is 10.0 Å². The molecule has 1 aromatic heterocycles. The molecule has 1 rings (SSSR count). The molecule has 6 heteroatoms. The van der Waals surface area contributed by atoms with E-state index >= 15 is 0 Å². The van der Waals surface area contributed by atoms with E-state index in [0.29, 0.717) is 18.0 Å². The maximum atomic E-state index is 12.0. The molecule has 0 aliphatic heterocycles. The second kappa shape index (κ2) is 5.48. The van der Waals surface area contributed by atoms with Gasteiger partial charge >= 0.3 is 0 Å². The van der Waals surface area contributed by atoms with Gasteiger partial charge in [0.15, 0.2) is 0 Å². The summed E-state index contributed by atoms with van der Waals surface area (Å²) in [5.41, 5.74) is 5.44. The van der Waals surface area contributed by atoms with Gasteiger partial charge in [0, 0.05) is 23.3 Å². The van der Waals surface area contributed by atoms with Crippen LogP contribution in [0.2, 0.25) is 0 Å². The zero-order chi connectivity index (χ0) is 13.1. The zero-order valence-corrected chi connectivity index (χ0v) is 12.1. The number of hydrogen-bond donors (Lipinski definition) is 2. The molecule has 0 saturated heterocycles. The summed E-state index contributed by atoms with van der Waals surface area (Å²) in [5.74, 6) is 0. The molecular formula is C11H20N2O2S2. The average Bonchev–Trinajstić information content (AvgIpc) is 2.76. The Morgan fingerprint density at radius 3 is 2.59 bits per heavy atom. The lowest BCUT2D eigenvalue weighted by molar-refractivity contribution is 0.350. The molecule has 17 heavy (non-hydrogen) atoms. The number of sulfonamides is 1. The van der Waals surface area contributed by atoms with E-state index in [9.17, 15) is 8.42 Å². The average molecular weight is 276 g/mol. The van der Waals surface area contributed by atoms with Crippen molar-refractivity contribution in [2.75, 3.05) is 6.54 Å². The predicted octanol–water partition coefficient (Wildman–Crippen LogP) is 1.92. The summed E-state index contributed by atoms with van der Waals surface area (Å²) in [5, 5.41) is 1.63. The number of nitrogens with two attached hydrogens (primary N) is 1. The number of hydrogen-bond acceptors (Lipinski definition) is 4. The van der Waals surface area contributed by atoms with E-state index in [1.807, 2.05) is 20.8 Å². The van der Waals surface area contributed by atoms with Crippen LogP contribution in [-0.2, 0) is 16.6 Å². The summed E-state index contributed by atoms with van der Waals surface area (Å²) >= 11 is 1.37. The van der Waals surface area contributed by atoms with Gasteiger partial charge < -0.3 is 5.73 Å². The minimum absolute atomic E-state index is 0.0280.